The number of aryl methyl sites for hydroxylation is 1. The number of carbonyl (C=O) groups is 2. The second-order valence-electron chi connectivity index (χ2n) is 6.02. The molecule has 1 saturated heterocycles. The molecule has 126 valence electrons. The van der Waals surface area contributed by atoms with Crippen LogP contribution in [0.25, 0.3) is 0 Å². The lowest BCUT2D eigenvalue weighted by Crippen LogP contribution is -2.40. The number of unbranched alkanes of at least 4 members (excludes halogenated alkanes) is 1. The summed E-state index contributed by atoms with van der Waals surface area (Å²) in [4.78, 5) is 30.4. The Balaban J connectivity index is 1.76. The first-order chi connectivity index (χ1) is 11.5. The van der Waals surface area contributed by atoms with E-state index in [1.54, 1.807) is 6.92 Å². The summed E-state index contributed by atoms with van der Waals surface area (Å²) < 4.78 is 5.16. The van der Waals surface area contributed by atoms with Crippen LogP contribution in [0.3, 0.4) is 0 Å². The maximum atomic E-state index is 12.8. The molecule has 1 aliphatic rings. The van der Waals surface area contributed by atoms with Crippen molar-refractivity contribution in [3.8, 4) is 0 Å². The molecule has 1 atom stereocenters. The third kappa shape index (κ3) is 2.89. The molecule has 0 saturated carbocycles. The van der Waals surface area contributed by atoms with Gasteiger partial charge in [-0.2, -0.15) is 4.98 Å². The van der Waals surface area contributed by atoms with Crippen molar-refractivity contribution < 1.29 is 14.1 Å². The summed E-state index contributed by atoms with van der Waals surface area (Å²) in [7, 11) is 0. The van der Waals surface area contributed by atoms with Gasteiger partial charge in [-0.05, 0) is 18.9 Å². The number of nitrogens with zero attached hydrogens (tertiary/aromatic N) is 3. The number of nitrogens with one attached hydrogen (secondary N) is 1. The normalized spacial score (nSPS) is 20.5. The number of hydrogen-bond acceptors (Lipinski definition) is 5. The highest BCUT2D eigenvalue weighted by Crippen LogP contribution is 2.29. The lowest BCUT2D eigenvalue weighted by atomic mass is 9.92. The van der Waals surface area contributed by atoms with Gasteiger partial charge < -0.3 is 9.84 Å². The fourth-order valence-corrected chi connectivity index (χ4v) is 2.73. The molecule has 0 bridgehead atoms. The monoisotopic (exact) mass is 328 g/mol. The van der Waals surface area contributed by atoms with E-state index < -0.39 is 11.6 Å². The summed E-state index contributed by atoms with van der Waals surface area (Å²) in [5.74, 6) is 0.540. The molecule has 1 aromatic carbocycles. The Bertz CT molecular complexity index is 743. The van der Waals surface area contributed by atoms with Crippen molar-refractivity contribution >= 4 is 11.9 Å². The molecular formula is C17H20N4O3. The minimum atomic E-state index is -1.08. The molecule has 2 aromatic rings. The van der Waals surface area contributed by atoms with Crippen LogP contribution in [0.4, 0.5) is 4.79 Å². The SMILES string of the molecule is CCCCc1noc(CN2C(=O)N[C@@](C)(c3ccccc3)C2=O)n1. The highest BCUT2D eigenvalue weighted by molar-refractivity contribution is 6.07. The Kier molecular flexibility index (Phi) is 4.33. The van der Waals surface area contributed by atoms with E-state index in [0.717, 1.165) is 29.7 Å². The fraction of sp³-hybridized carbons (Fsp3) is 0.412. The predicted octanol–water partition coefficient (Wildman–Crippen LogP) is 2.38. The summed E-state index contributed by atoms with van der Waals surface area (Å²) in [6.07, 6.45) is 2.72. The zero-order valence-corrected chi connectivity index (χ0v) is 13.8. The van der Waals surface area contributed by atoms with E-state index in [1.165, 1.54) is 0 Å². The molecule has 1 aromatic heterocycles. The van der Waals surface area contributed by atoms with E-state index in [4.69, 9.17) is 4.52 Å². The Morgan fingerprint density at radius 1 is 1.25 bits per heavy atom. The number of imide groups is 1. The first kappa shape index (κ1) is 16.2. The lowest BCUT2D eigenvalue weighted by molar-refractivity contribution is -0.131. The van der Waals surface area contributed by atoms with Crippen LogP contribution < -0.4 is 5.32 Å². The summed E-state index contributed by atoms with van der Waals surface area (Å²) >= 11 is 0. The van der Waals surface area contributed by atoms with Crippen LogP contribution in [-0.4, -0.2) is 27.0 Å². The van der Waals surface area contributed by atoms with Gasteiger partial charge >= 0.3 is 6.03 Å². The van der Waals surface area contributed by atoms with Crippen LogP contribution in [-0.2, 0) is 23.3 Å². The summed E-state index contributed by atoms with van der Waals surface area (Å²) in [5, 5.41) is 6.64. The highest BCUT2D eigenvalue weighted by atomic mass is 16.5. The molecule has 7 nitrogen and oxygen atoms in total. The molecule has 1 N–H and O–H groups in total. The number of aromatic nitrogens is 2. The third-order valence-electron chi connectivity index (χ3n) is 4.18. The number of hydrogen-bond donors (Lipinski definition) is 1. The quantitative estimate of drug-likeness (QED) is 0.823. The number of urea groups is 1. The van der Waals surface area contributed by atoms with Crippen LogP contribution in [0.5, 0.6) is 0 Å². The average molecular weight is 328 g/mol. The maximum Gasteiger partial charge on any atom is 0.325 e. The van der Waals surface area contributed by atoms with Gasteiger partial charge in [0.25, 0.3) is 5.91 Å². The second-order valence-corrected chi connectivity index (χ2v) is 6.02. The van der Waals surface area contributed by atoms with Crippen LogP contribution in [0, 0.1) is 0 Å². The molecule has 0 spiro atoms. The Labute approximate surface area is 140 Å². The van der Waals surface area contributed by atoms with Gasteiger partial charge in [0, 0.05) is 6.42 Å². The summed E-state index contributed by atoms with van der Waals surface area (Å²) in [6, 6.07) is 8.71. The van der Waals surface area contributed by atoms with Crippen LogP contribution >= 0.6 is 0 Å². The maximum absolute atomic E-state index is 12.8. The molecule has 7 heteroatoms. The lowest BCUT2D eigenvalue weighted by Gasteiger charge is -2.21. The molecule has 1 fully saturated rings. The van der Waals surface area contributed by atoms with E-state index in [2.05, 4.69) is 22.4 Å². The van der Waals surface area contributed by atoms with Crippen LogP contribution in [0.15, 0.2) is 34.9 Å². The van der Waals surface area contributed by atoms with Crippen molar-refractivity contribution in [2.75, 3.05) is 0 Å². The van der Waals surface area contributed by atoms with Gasteiger partial charge in [-0.15, -0.1) is 0 Å². The van der Waals surface area contributed by atoms with Crippen LogP contribution in [0.1, 0.15) is 44.0 Å². The second kappa shape index (κ2) is 6.43. The van der Waals surface area contributed by atoms with Crippen molar-refractivity contribution in [1.29, 1.82) is 0 Å². The Morgan fingerprint density at radius 3 is 2.71 bits per heavy atom. The van der Waals surface area contributed by atoms with Crippen molar-refractivity contribution in [3.05, 3.63) is 47.6 Å². The number of rotatable bonds is 6. The summed E-state index contributed by atoms with van der Waals surface area (Å²) in [5.41, 5.74) is -0.344. The van der Waals surface area contributed by atoms with Crippen molar-refractivity contribution in [1.82, 2.24) is 20.4 Å². The first-order valence-electron chi connectivity index (χ1n) is 8.05. The third-order valence-corrected chi connectivity index (χ3v) is 4.18. The van der Waals surface area contributed by atoms with Gasteiger partial charge in [0.2, 0.25) is 5.89 Å². The molecule has 0 unspecified atom stereocenters. The van der Waals surface area contributed by atoms with E-state index >= 15 is 0 Å². The minimum absolute atomic E-state index is 0.0216. The van der Waals surface area contributed by atoms with E-state index in [1.807, 2.05) is 30.3 Å². The van der Waals surface area contributed by atoms with Crippen molar-refractivity contribution in [2.45, 2.75) is 45.2 Å². The predicted molar refractivity (Wildman–Crippen MR) is 85.8 cm³/mol. The van der Waals surface area contributed by atoms with Gasteiger partial charge in [-0.1, -0.05) is 48.8 Å². The molecule has 2 heterocycles. The van der Waals surface area contributed by atoms with Gasteiger partial charge in [0.15, 0.2) is 5.82 Å². The van der Waals surface area contributed by atoms with E-state index in [-0.39, 0.29) is 18.3 Å². The Hall–Kier alpha value is -2.70. The van der Waals surface area contributed by atoms with Crippen molar-refractivity contribution in [3.63, 3.8) is 0 Å². The molecular weight excluding hydrogens is 308 g/mol. The smallest absolute Gasteiger partial charge is 0.325 e. The Morgan fingerprint density at radius 2 is 2.00 bits per heavy atom. The van der Waals surface area contributed by atoms with E-state index in [0.29, 0.717) is 5.82 Å². The fourth-order valence-electron chi connectivity index (χ4n) is 2.73. The van der Waals surface area contributed by atoms with E-state index in [9.17, 15) is 9.59 Å². The first-order valence-corrected chi connectivity index (χ1v) is 8.05. The zero-order valence-electron chi connectivity index (χ0n) is 13.8. The molecule has 1 aliphatic heterocycles. The standard InChI is InChI=1S/C17H20N4O3/c1-3-4-10-13-18-14(24-20-13)11-21-15(22)17(2,19-16(21)23)12-8-6-5-7-9-12/h5-9H,3-4,10-11H2,1-2H3,(H,19,23)/t17-/m0/s1. The number of benzene rings is 1. The topological polar surface area (TPSA) is 88.3 Å². The van der Waals surface area contributed by atoms with Gasteiger partial charge in [-0.25, -0.2) is 4.79 Å². The molecule has 3 rings (SSSR count). The number of amides is 3. The highest BCUT2D eigenvalue weighted by Gasteiger charge is 2.49. The summed E-state index contributed by atoms with van der Waals surface area (Å²) in [6.45, 7) is 3.76. The molecule has 24 heavy (non-hydrogen) atoms. The number of carbonyl (C=O) groups excluding carboxylic acids is 2. The average Bonchev–Trinajstić information content (AvgIpc) is 3.13. The molecule has 0 radical (unpaired) electrons. The largest absolute Gasteiger partial charge is 0.337 e. The van der Waals surface area contributed by atoms with Crippen molar-refractivity contribution in [2.24, 2.45) is 0 Å². The minimum Gasteiger partial charge on any atom is -0.337 e. The zero-order chi connectivity index (χ0) is 17.2. The van der Waals surface area contributed by atoms with Gasteiger partial charge in [0.1, 0.15) is 12.1 Å². The molecule has 0 aliphatic carbocycles. The van der Waals surface area contributed by atoms with Crippen LogP contribution in [0.2, 0.25) is 0 Å². The van der Waals surface area contributed by atoms with Gasteiger partial charge in [0.05, 0.1) is 0 Å². The van der Waals surface area contributed by atoms with Gasteiger partial charge in [-0.3, -0.25) is 9.69 Å². The molecule has 3 amide bonds.